The molecular weight excluding hydrogens is 305 g/mol. The molecule has 2 amide bonds. The minimum Gasteiger partial charge on any atom is -0.372 e. The SMILES string of the molecule is COC(C)(CNC(=O)C(=O)Nc1ccon1)c1ccccc1F. The van der Waals surface area contributed by atoms with Gasteiger partial charge in [-0.3, -0.25) is 14.9 Å². The van der Waals surface area contributed by atoms with Gasteiger partial charge < -0.3 is 14.6 Å². The van der Waals surface area contributed by atoms with Gasteiger partial charge in [-0.15, -0.1) is 0 Å². The third kappa shape index (κ3) is 3.92. The molecule has 0 saturated carbocycles. The first kappa shape index (κ1) is 16.6. The number of benzene rings is 1. The minimum absolute atomic E-state index is 0.0878. The maximum atomic E-state index is 13.9. The van der Waals surface area contributed by atoms with Gasteiger partial charge in [0.25, 0.3) is 0 Å². The predicted molar refractivity (Wildman–Crippen MR) is 78.9 cm³/mol. The number of amides is 2. The molecule has 1 heterocycles. The molecule has 7 nitrogen and oxygen atoms in total. The number of nitrogens with one attached hydrogen (secondary N) is 2. The Morgan fingerprint density at radius 2 is 2.04 bits per heavy atom. The van der Waals surface area contributed by atoms with Crippen LogP contribution in [0.2, 0.25) is 0 Å². The molecule has 1 aromatic heterocycles. The lowest BCUT2D eigenvalue weighted by Gasteiger charge is -2.29. The highest BCUT2D eigenvalue weighted by molar-refractivity contribution is 6.39. The highest BCUT2D eigenvalue weighted by atomic mass is 19.1. The van der Waals surface area contributed by atoms with Crippen LogP contribution in [-0.4, -0.2) is 30.6 Å². The van der Waals surface area contributed by atoms with E-state index >= 15 is 0 Å². The standard InChI is InChI=1S/C15H16FN3O4/c1-15(22-2,10-5-3-4-6-11(10)16)9-17-13(20)14(21)18-12-7-8-23-19-12/h3-8H,9H2,1-2H3,(H,17,20)(H,18,19,21). The number of methoxy groups -OCH3 is 1. The fourth-order valence-electron chi connectivity index (χ4n) is 1.95. The molecule has 0 aliphatic carbocycles. The molecular formula is C15H16FN3O4. The number of ether oxygens (including phenoxy) is 1. The van der Waals surface area contributed by atoms with Crippen LogP contribution in [0.1, 0.15) is 12.5 Å². The van der Waals surface area contributed by atoms with Gasteiger partial charge in [0.2, 0.25) is 0 Å². The fourth-order valence-corrected chi connectivity index (χ4v) is 1.95. The van der Waals surface area contributed by atoms with E-state index in [2.05, 4.69) is 20.3 Å². The third-order valence-corrected chi connectivity index (χ3v) is 3.37. The Balaban J connectivity index is 2.01. The predicted octanol–water partition coefficient (Wildman–Crippen LogP) is 1.43. The van der Waals surface area contributed by atoms with Crippen LogP contribution in [0.15, 0.2) is 41.1 Å². The zero-order chi connectivity index (χ0) is 16.9. The summed E-state index contributed by atoms with van der Waals surface area (Å²) in [4.78, 5) is 23.5. The second-order valence-corrected chi connectivity index (χ2v) is 4.94. The lowest BCUT2D eigenvalue weighted by Crippen LogP contribution is -2.44. The first-order valence-electron chi connectivity index (χ1n) is 6.76. The topological polar surface area (TPSA) is 93.5 Å². The number of hydrogen-bond acceptors (Lipinski definition) is 5. The third-order valence-electron chi connectivity index (χ3n) is 3.37. The largest absolute Gasteiger partial charge is 0.372 e. The molecule has 0 radical (unpaired) electrons. The summed E-state index contributed by atoms with van der Waals surface area (Å²) in [5.74, 6) is -2.15. The summed E-state index contributed by atoms with van der Waals surface area (Å²) >= 11 is 0. The van der Waals surface area contributed by atoms with Crippen molar-refractivity contribution < 1.29 is 23.2 Å². The molecule has 0 spiro atoms. The number of aromatic nitrogens is 1. The number of carbonyl (C=O) groups excluding carboxylic acids is 2. The highest BCUT2D eigenvalue weighted by Crippen LogP contribution is 2.26. The zero-order valence-electron chi connectivity index (χ0n) is 12.6. The smallest absolute Gasteiger partial charge is 0.314 e. The van der Waals surface area contributed by atoms with Gasteiger partial charge in [-0.05, 0) is 13.0 Å². The van der Waals surface area contributed by atoms with Crippen LogP contribution in [0.4, 0.5) is 10.2 Å². The summed E-state index contributed by atoms with van der Waals surface area (Å²) in [6.07, 6.45) is 1.26. The van der Waals surface area contributed by atoms with Gasteiger partial charge in [0, 0.05) is 18.7 Å². The Hall–Kier alpha value is -2.74. The number of nitrogens with zero attached hydrogens (tertiary/aromatic N) is 1. The molecule has 0 aliphatic heterocycles. The number of halogens is 1. The monoisotopic (exact) mass is 321 g/mol. The molecule has 0 saturated heterocycles. The second-order valence-electron chi connectivity index (χ2n) is 4.94. The Morgan fingerprint density at radius 1 is 1.30 bits per heavy atom. The van der Waals surface area contributed by atoms with E-state index in [-0.39, 0.29) is 17.9 Å². The van der Waals surface area contributed by atoms with Gasteiger partial charge in [0.05, 0.1) is 6.54 Å². The summed E-state index contributed by atoms with van der Waals surface area (Å²) in [6, 6.07) is 7.46. The van der Waals surface area contributed by atoms with Crippen LogP contribution in [-0.2, 0) is 19.9 Å². The number of anilines is 1. The lowest BCUT2D eigenvalue weighted by molar-refractivity contribution is -0.137. The Kier molecular flexibility index (Phi) is 5.07. The summed E-state index contributed by atoms with van der Waals surface area (Å²) in [6.45, 7) is 1.52. The summed E-state index contributed by atoms with van der Waals surface area (Å²) < 4.78 is 23.8. The van der Waals surface area contributed by atoms with Crippen LogP contribution < -0.4 is 10.6 Å². The molecule has 122 valence electrons. The first-order valence-corrected chi connectivity index (χ1v) is 6.76. The van der Waals surface area contributed by atoms with E-state index in [4.69, 9.17) is 4.74 Å². The molecule has 8 heteroatoms. The quantitative estimate of drug-likeness (QED) is 0.813. The second kappa shape index (κ2) is 7.01. The maximum absolute atomic E-state index is 13.9. The molecule has 1 atom stereocenters. The maximum Gasteiger partial charge on any atom is 0.314 e. The van der Waals surface area contributed by atoms with Crippen molar-refractivity contribution in [1.82, 2.24) is 10.5 Å². The van der Waals surface area contributed by atoms with Crippen LogP contribution in [0.5, 0.6) is 0 Å². The van der Waals surface area contributed by atoms with Crippen molar-refractivity contribution in [2.24, 2.45) is 0 Å². The molecule has 2 N–H and O–H groups in total. The van der Waals surface area contributed by atoms with E-state index in [9.17, 15) is 14.0 Å². The van der Waals surface area contributed by atoms with Crippen molar-refractivity contribution in [3.8, 4) is 0 Å². The molecule has 0 bridgehead atoms. The Bertz CT molecular complexity index is 690. The van der Waals surface area contributed by atoms with Crippen LogP contribution >= 0.6 is 0 Å². The van der Waals surface area contributed by atoms with Crippen molar-refractivity contribution in [3.05, 3.63) is 48.0 Å². The van der Waals surface area contributed by atoms with Crippen LogP contribution in [0.25, 0.3) is 0 Å². The Morgan fingerprint density at radius 3 is 2.65 bits per heavy atom. The molecule has 23 heavy (non-hydrogen) atoms. The van der Waals surface area contributed by atoms with Crippen molar-refractivity contribution in [1.29, 1.82) is 0 Å². The molecule has 1 unspecified atom stereocenters. The fraction of sp³-hybridized carbons (Fsp3) is 0.267. The van der Waals surface area contributed by atoms with E-state index < -0.39 is 23.2 Å². The van der Waals surface area contributed by atoms with E-state index in [1.165, 1.54) is 25.5 Å². The van der Waals surface area contributed by atoms with Crippen molar-refractivity contribution in [3.63, 3.8) is 0 Å². The van der Waals surface area contributed by atoms with E-state index in [0.29, 0.717) is 0 Å². The average molecular weight is 321 g/mol. The molecule has 1 aromatic carbocycles. The first-order chi connectivity index (χ1) is 11.0. The van der Waals surface area contributed by atoms with Gasteiger partial charge in [-0.1, -0.05) is 23.4 Å². The number of carbonyl (C=O) groups is 2. The Labute approximate surface area is 131 Å². The lowest BCUT2D eigenvalue weighted by atomic mass is 9.95. The van der Waals surface area contributed by atoms with E-state index in [1.807, 2.05) is 0 Å². The van der Waals surface area contributed by atoms with Gasteiger partial charge in [0.1, 0.15) is 17.7 Å². The molecule has 0 aliphatic rings. The van der Waals surface area contributed by atoms with Crippen LogP contribution in [0, 0.1) is 5.82 Å². The van der Waals surface area contributed by atoms with Gasteiger partial charge in [-0.2, -0.15) is 0 Å². The molecule has 0 fully saturated rings. The molecule has 2 aromatic rings. The normalized spacial score (nSPS) is 13.2. The number of hydrogen-bond donors (Lipinski definition) is 2. The van der Waals surface area contributed by atoms with E-state index in [1.54, 1.807) is 25.1 Å². The van der Waals surface area contributed by atoms with Gasteiger partial charge in [-0.25, -0.2) is 4.39 Å². The summed E-state index contributed by atoms with van der Waals surface area (Å²) in [7, 11) is 1.40. The van der Waals surface area contributed by atoms with Crippen LogP contribution in [0.3, 0.4) is 0 Å². The molecule has 2 rings (SSSR count). The van der Waals surface area contributed by atoms with Gasteiger partial charge >= 0.3 is 11.8 Å². The summed E-state index contributed by atoms with van der Waals surface area (Å²) in [5, 5.41) is 8.13. The van der Waals surface area contributed by atoms with Crippen molar-refractivity contribution in [2.75, 3.05) is 19.0 Å². The average Bonchev–Trinajstić information content (AvgIpc) is 3.05. The zero-order valence-corrected chi connectivity index (χ0v) is 12.6. The number of rotatable bonds is 5. The van der Waals surface area contributed by atoms with Crippen molar-refractivity contribution >= 4 is 17.6 Å². The minimum atomic E-state index is -1.12. The van der Waals surface area contributed by atoms with E-state index in [0.717, 1.165) is 0 Å². The van der Waals surface area contributed by atoms with Gasteiger partial charge in [0.15, 0.2) is 5.82 Å². The highest BCUT2D eigenvalue weighted by Gasteiger charge is 2.30. The van der Waals surface area contributed by atoms with Crippen molar-refractivity contribution in [2.45, 2.75) is 12.5 Å². The summed E-state index contributed by atoms with van der Waals surface area (Å²) in [5.41, 5.74) is -0.838.